The van der Waals surface area contributed by atoms with Gasteiger partial charge in [0.05, 0.1) is 0 Å². The number of anilines is 3. The number of rotatable bonds is 6. The van der Waals surface area contributed by atoms with Crippen LogP contribution in [0.2, 0.25) is 0 Å². The van der Waals surface area contributed by atoms with Crippen molar-refractivity contribution in [3.05, 3.63) is 212 Å². The van der Waals surface area contributed by atoms with E-state index in [0.29, 0.717) is 5.69 Å². The average molecular weight is 710 g/mol. The molecule has 0 N–H and O–H groups in total. The zero-order valence-electron chi connectivity index (χ0n) is 29.8. The van der Waals surface area contributed by atoms with Crippen molar-refractivity contribution < 1.29 is 8.78 Å². The molecule has 0 fully saturated rings. The summed E-state index contributed by atoms with van der Waals surface area (Å²) < 4.78 is 28.6. The van der Waals surface area contributed by atoms with Crippen LogP contribution < -0.4 is 4.90 Å². The van der Waals surface area contributed by atoms with Gasteiger partial charge in [-0.15, -0.1) is 0 Å². The molecule has 0 bridgehead atoms. The van der Waals surface area contributed by atoms with E-state index in [2.05, 4.69) is 140 Å². The molecule has 0 saturated carbocycles. The summed E-state index contributed by atoms with van der Waals surface area (Å²) in [5.41, 5.74) is 9.18. The highest BCUT2D eigenvalue weighted by atomic mass is 19.2. The van der Waals surface area contributed by atoms with Crippen LogP contribution in [0.4, 0.5) is 25.8 Å². The van der Waals surface area contributed by atoms with E-state index < -0.39 is 11.6 Å². The number of fused-ring (bicyclic) bond motifs is 4. The second-order valence-corrected chi connectivity index (χ2v) is 13.9. The molecule has 0 amide bonds. The first-order valence-electron chi connectivity index (χ1n) is 18.5. The number of hydrogen-bond donors (Lipinski definition) is 0. The molecule has 0 unspecified atom stereocenters. The third kappa shape index (κ3) is 5.60. The monoisotopic (exact) mass is 709 g/mol. The minimum atomic E-state index is -0.886. The van der Waals surface area contributed by atoms with Crippen LogP contribution in [-0.2, 0) is 0 Å². The quantitative estimate of drug-likeness (QED) is 0.155. The number of halogens is 2. The topological polar surface area (TPSA) is 3.24 Å². The molecule has 260 valence electrons. The molecule has 0 atom stereocenters. The Bertz CT molecular complexity index is 3050. The van der Waals surface area contributed by atoms with Gasteiger partial charge in [-0.05, 0) is 119 Å². The van der Waals surface area contributed by atoms with Crippen LogP contribution in [0.5, 0.6) is 0 Å². The van der Waals surface area contributed by atoms with Gasteiger partial charge in [-0.2, -0.15) is 0 Å². The zero-order chi connectivity index (χ0) is 36.9. The van der Waals surface area contributed by atoms with Crippen molar-refractivity contribution in [2.75, 3.05) is 4.90 Å². The van der Waals surface area contributed by atoms with Crippen LogP contribution in [-0.4, -0.2) is 0 Å². The predicted molar refractivity (Wildman–Crippen MR) is 227 cm³/mol. The zero-order valence-corrected chi connectivity index (χ0v) is 29.8. The van der Waals surface area contributed by atoms with Gasteiger partial charge in [0.25, 0.3) is 0 Å². The number of para-hydroxylation sites is 1. The van der Waals surface area contributed by atoms with Crippen LogP contribution in [0.3, 0.4) is 0 Å². The molecule has 0 aliphatic rings. The van der Waals surface area contributed by atoms with E-state index in [0.717, 1.165) is 22.5 Å². The number of benzene rings is 10. The highest BCUT2D eigenvalue weighted by Crippen LogP contribution is 2.47. The van der Waals surface area contributed by atoms with Crippen LogP contribution in [0, 0.1) is 11.6 Å². The van der Waals surface area contributed by atoms with Gasteiger partial charge < -0.3 is 4.90 Å². The maximum Gasteiger partial charge on any atom is 0.160 e. The van der Waals surface area contributed by atoms with Crippen molar-refractivity contribution >= 4 is 60.2 Å². The van der Waals surface area contributed by atoms with Gasteiger partial charge in [0.2, 0.25) is 0 Å². The fourth-order valence-corrected chi connectivity index (χ4v) is 8.28. The molecular weight excluding hydrogens is 677 g/mol. The average Bonchev–Trinajstić information content (AvgIpc) is 3.24. The first kappa shape index (κ1) is 32.5. The maximum atomic E-state index is 14.5. The Balaban J connectivity index is 1.21. The van der Waals surface area contributed by atoms with Gasteiger partial charge in [0, 0.05) is 23.1 Å². The Labute approximate surface area is 318 Å². The molecule has 10 rings (SSSR count). The lowest BCUT2D eigenvalue weighted by Crippen LogP contribution is -2.10. The molecule has 55 heavy (non-hydrogen) atoms. The largest absolute Gasteiger partial charge is 0.310 e. The number of hydrogen-bond acceptors (Lipinski definition) is 1. The first-order valence-corrected chi connectivity index (χ1v) is 18.5. The third-order valence-corrected chi connectivity index (χ3v) is 10.8. The van der Waals surface area contributed by atoms with Gasteiger partial charge in [0.1, 0.15) is 0 Å². The van der Waals surface area contributed by atoms with Crippen molar-refractivity contribution in [2.45, 2.75) is 0 Å². The van der Waals surface area contributed by atoms with E-state index in [1.807, 2.05) is 47.4 Å². The summed E-state index contributed by atoms with van der Waals surface area (Å²) in [5, 5.41) is 9.61. The third-order valence-electron chi connectivity index (χ3n) is 10.8. The Kier molecular flexibility index (Phi) is 7.92. The lowest BCUT2D eigenvalue weighted by Gasteiger charge is -2.25. The van der Waals surface area contributed by atoms with Crippen LogP contribution >= 0.6 is 0 Å². The Morgan fingerprint density at radius 1 is 0.291 bits per heavy atom. The van der Waals surface area contributed by atoms with Gasteiger partial charge in [0.15, 0.2) is 11.6 Å². The van der Waals surface area contributed by atoms with Crippen molar-refractivity contribution in [3.8, 4) is 33.4 Å². The Hall–Kier alpha value is -7.10. The first-order chi connectivity index (χ1) is 27.1. The van der Waals surface area contributed by atoms with Crippen molar-refractivity contribution in [1.82, 2.24) is 0 Å². The summed E-state index contributed by atoms with van der Waals surface area (Å²) in [6.07, 6.45) is 0. The van der Waals surface area contributed by atoms with Crippen molar-refractivity contribution in [1.29, 1.82) is 0 Å². The van der Waals surface area contributed by atoms with E-state index in [1.165, 1.54) is 77.5 Å². The van der Waals surface area contributed by atoms with E-state index >= 15 is 0 Å². The molecular formula is C52H33F2N. The van der Waals surface area contributed by atoms with Crippen LogP contribution in [0.1, 0.15) is 0 Å². The molecule has 0 radical (unpaired) electrons. The van der Waals surface area contributed by atoms with E-state index in [4.69, 9.17) is 0 Å². The highest BCUT2D eigenvalue weighted by Gasteiger charge is 2.20. The summed E-state index contributed by atoms with van der Waals surface area (Å²) in [5.74, 6) is -1.76. The summed E-state index contributed by atoms with van der Waals surface area (Å²) in [6, 6.07) is 68.1. The summed E-state index contributed by atoms with van der Waals surface area (Å²) in [4.78, 5) is 1.94. The molecule has 10 aromatic rings. The summed E-state index contributed by atoms with van der Waals surface area (Å²) in [7, 11) is 0. The molecule has 1 nitrogen and oxygen atoms in total. The van der Waals surface area contributed by atoms with E-state index in [9.17, 15) is 8.78 Å². The predicted octanol–water partition coefficient (Wildman–Crippen LogP) is 15.0. The number of nitrogens with zero attached hydrogens (tertiary/aromatic N) is 1. The van der Waals surface area contributed by atoms with Gasteiger partial charge in [-0.3, -0.25) is 0 Å². The highest BCUT2D eigenvalue weighted by molar-refractivity contribution is 6.25. The summed E-state index contributed by atoms with van der Waals surface area (Å²) >= 11 is 0. The maximum absolute atomic E-state index is 14.5. The van der Waals surface area contributed by atoms with Crippen molar-refractivity contribution in [3.63, 3.8) is 0 Å². The SMILES string of the molecule is Fc1ccc(N(c2ccccc2)c2ccc(-c3ccc4c(-c5cccc6ccccc56)c5ccccc5c(-c5cccc6ccccc56)c4c3)cc2)cc1F. The molecule has 0 aliphatic heterocycles. The van der Waals surface area contributed by atoms with Gasteiger partial charge >= 0.3 is 0 Å². The minimum absolute atomic E-state index is 0.538. The normalized spacial score (nSPS) is 11.5. The molecule has 0 heterocycles. The summed E-state index contributed by atoms with van der Waals surface area (Å²) in [6.45, 7) is 0. The van der Waals surface area contributed by atoms with Crippen LogP contribution in [0.15, 0.2) is 200 Å². The van der Waals surface area contributed by atoms with Gasteiger partial charge in [-0.25, -0.2) is 8.78 Å². The second-order valence-electron chi connectivity index (χ2n) is 13.9. The second kappa shape index (κ2) is 13.4. The van der Waals surface area contributed by atoms with Gasteiger partial charge in [-0.1, -0.05) is 152 Å². The molecule has 0 aliphatic carbocycles. The van der Waals surface area contributed by atoms with Crippen molar-refractivity contribution in [2.24, 2.45) is 0 Å². The fraction of sp³-hybridized carbons (Fsp3) is 0. The molecule has 10 aromatic carbocycles. The smallest absolute Gasteiger partial charge is 0.160 e. The molecule has 0 spiro atoms. The Morgan fingerprint density at radius 3 is 1.38 bits per heavy atom. The molecule has 0 saturated heterocycles. The molecule has 0 aromatic heterocycles. The lowest BCUT2D eigenvalue weighted by molar-refractivity contribution is 0.509. The van der Waals surface area contributed by atoms with E-state index in [-0.39, 0.29) is 0 Å². The van der Waals surface area contributed by atoms with E-state index in [1.54, 1.807) is 6.07 Å². The minimum Gasteiger partial charge on any atom is -0.310 e. The fourth-order valence-electron chi connectivity index (χ4n) is 8.28. The Morgan fingerprint density at radius 2 is 0.764 bits per heavy atom. The van der Waals surface area contributed by atoms with Crippen LogP contribution in [0.25, 0.3) is 76.5 Å². The standard InChI is InChI=1S/C52H33F2N/c53-49-31-29-40(33-50(49)54)55(38-16-2-1-3-17-38)39-27-24-34(25-28-39)37-26-30-47-48(32-37)52(44-23-11-15-36-13-5-7-19-42(36)44)46-21-9-8-20-45(46)51(47)43-22-10-14-35-12-4-6-18-41(35)43/h1-33H. The lowest BCUT2D eigenvalue weighted by atomic mass is 9.83. The molecule has 3 heteroatoms.